The minimum absolute atomic E-state index is 0.0539. The van der Waals surface area contributed by atoms with Gasteiger partial charge in [0.1, 0.15) is 19.0 Å². The number of benzene rings is 4. The Balaban J connectivity index is 1.31. The number of amides is 4. The molecular formula is C40H37FN2O6. The van der Waals surface area contributed by atoms with Gasteiger partial charge >= 0.3 is 12.2 Å². The summed E-state index contributed by atoms with van der Waals surface area (Å²) in [6.07, 6.45) is 1.60. The Kier molecular flexibility index (Phi) is 10.6. The molecule has 2 heterocycles. The topological polar surface area (TPSA) is 93.2 Å². The van der Waals surface area contributed by atoms with Crippen LogP contribution in [-0.2, 0) is 44.7 Å². The fourth-order valence-corrected chi connectivity index (χ4v) is 6.38. The maximum Gasteiger partial charge on any atom is 0.417 e. The van der Waals surface area contributed by atoms with Gasteiger partial charge in [-0.05, 0) is 60.1 Å². The number of halogens is 1. The molecule has 9 heteroatoms. The Morgan fingerprint density at radius 2 is 1.16 bits per heavy atom. The first-order valence-corrected chi connectivity index (χ1v) is 16.4. The van der Waals surface area contributed by atoms with E-state index in [1.807, 2.05) is 91.0 Å². The largest absolute Gasteiger partial charge is 0.447 e. The van der Waals surface area contributed by atoms with E-state index in [9.17, 15) is 23.6 Å². The summed E-state index contributed by atoms with van der Waals surface area (Å²) in [5.41, 5.74) is 3.73. The molecule has 250 valence electrons. The second-order valence-corrected chi connectivity index (χ2v) is 12.4. The van der Waals surface area contributed by atoms with Crippen molar-refractivity contribution in [1.82, 2.24) is 9.80 Å². The summed E-state index contributed by atoms with van der Waals surface area (Å²) in [7, 11) is 0. The number of cyclic esters (lactones) is 2. The number of nitrogens with zero attached hydrogens (tertiary/aromatic N) is 2. The van der Waals surface area contributed by atoms with E-state index in [1.165, 1.54) is 17.0 Å². The van der Waals surface area contributed by atoms with Gasteiger partial charge in [-0.3, -0.25) is 9.59 Å². The lowest BCUT2D eigenvalue weighted by atomic mass is 9.91. The van der Waals surface area contributed by atoms with Crippen LogP contribution < -0.4 is 0 Å². The summed E-state index contributed by atoms with van der Waals surface area (Å²) in [5, 5.41) is 0. The Hall–Kier alpha value is -5.57. The quantitative estimate of drug-likeness (QED) is 0.157. The molecule has 0 aliphatic carbocycles. The van der Waals surface area contributed by atoms with Crippen molar-refractivity contribution >= 4 is 24.0 Å². The second-order valence-electron chi connectivity index (χ2n) is 12.4. The lowest BCUT2D eigenvalue weighted by molar-refractivity contribution is -0.133. The zero-order valence-corrected chi connectivity index (χ0v) is 27.0. The molecule has 2 fully saturated rings. The molecule has 2 aliphatic rings. The van der Waals surface area contributed by atoms with Crippen LogP contribution in [0.5, 0.6) is 0 Å². The molecule has 4 amide bonds. The lowest BCUT2D eigenvalue weighted by Gasteiger charge is -2.25. The third-order valence-corrected chi connectivity index (χ3v) is 8.91. The number of allylic oxidation sites excluding steroid dienone is 1. The van der Waals surface area contributed by atoms with Gasteiger partial charge in [0, 0.05) is 17.9 Å². The summed E-state index contributed by atoms with van der Waals surface area (Å²) >= 11 is 0. The minimum atomic E-state index is -0.739. The van der Waals surface area contributed by atoms with E-state index in [0.29, 0.717) is 24.8 Å². The summed E-state index contributed by atoms with van der Waals surface area (Å²) < 4.78 is 24.5. The van der Waals surface area contributed by atoms with Crippen molar-refractivity contribution < 1.29 is 33.0 Å². The summed E-state index contributed by atoms with van der Waals surface area (Å²) in [6, 6.07) is 33.4. The average Bonchev–Trinajstić information content (AvgIpc) is 3.67. The van der Waals surface area contributed by atoms with Crippen LogP contribution in [0.1, 0.15) is 28.7 Å². The smallest absolute Gasteiger partial charge is 0.417 e. The van der Waals surface area contributed by atoms with E-state index in [-0.39, 0.29) is 31.6 Å². The minimum Gasteiger partial charge on any atom is -0.447 e. The highest BCUT2D eigenvalue weighted by molar-refractivity contribution is 6.04. The van der Waals surface area contributed by atoms with Gasteiger partial charge in [-0.15, -0.1) is 0 Å². The second kappa shape index (κ2) is 15.6. The summed E-state index contributed by atoms with van der Waals surface area (Å²) in [4.78, 5) is 56.9. The highest BCUT2D eigenvalue weighted by atomic mass is 19.1. The third-order valence-electron chi connectivity index (χ3n) is 8.91. The standard InChI is InChI=1S/C40H37FN2O6/c41-34-20-16-31(17-21-34)23-33(38(45)43-36(27-49-40(43)47)25-30-14-8-3-9-15-30)19-18-32(22-28-10-4-1-5-11-28)37(44)42-35(26-48-39(42)46)24-29-12-6-2-7-13-29/h1-17,19-21,32,35-36H,18,22-27H2/b33-19+. The maximum absolute atomic E-state index is 14.3. The number of imide groups is 2. The molecule has 3 unspecified atom stereocenters. The predicted octanol–water partition coefficient (Wildman–Crippen LogP) is 6.72. The molecule has 0 aromatic heterocycles. The number of carbonyl (C=O) groups excluding carboxylic acids is 4. The first kappa shape index (κ1) is 33.3. The van der Waals surface area contributed by atoms with E-state index in [2.05, 4.69) is 0 Å². The van der Waals surface area contributed by atoms with Crippen LogP contribution in [0, 0.1) is 11.7 Å². The molecule has 0 radical (unpaired) electrons. The van der Waals surface area contributed by atoms with Crippen molar-refractivity contribution in [2.75, 3.05) is 13.2 Å². The third kappa shape index (κ3) is 8.30. The van der Waals surface area contributed by atoms with Crippen LogP contribution in [0.15, 0.2) is 127 Å². The molecule has 4 aromatic rings. The van der Waals surface area contributed by atoms with Gasteiger partial charge < -0.3 is 9.47 Å². The van der Waals surface area contributed by atoms with Gasteiger partial charge in [-0.1, -0.05) is 109 Å². The summed E-state index contributed by atoms with van der Waals surface area (Å²) in [5.74, 6) is -2.09. The van der Waals surface area contributed by atoms with Gasteiger partial charge in [0.05, 0.1) is 12.1 Å². The number of carbonyl (C=O) groups is 4. The van der Waals surface area contributed by atoms with Crippen molar-refractivity contribution in [3.63, 3.8) is 0 Å². The first-order valence-electron chi connectivity index (χ1n) is 16.4. The molecule has 2 saturated heterocycles. The molecule has 4 aromatic carbocycles. The van der Waals surface area contributed by atoms with Crippen LogP contribution >= 0.6 is 0 Å². The molecule has 3 atom stereocenters. The van der Waals surface area contributed by atoms with E-state index >= 15 is 0 Å². The zero-order chi connectivity index (χ0) is 34.2. The highest BCUT2D eigenvalue weighted by Crippen LogP contribution is 2.27. The molecule has 0 spiro atoms. The van der Waals surface area contributed by atoms with Gasteiger partial charge in [-0.25, -0.2) is 23.8 Å². The molecular weight excluding hydrogens is 623 g/mol. The van der Waals surface area contributed by atoms with Crippen molar-refractivity contribution in [3.05, 3.63) is 155 Å². The van der Waals surface area contributed by atoms with E-state index in [0.717, 1.165) is 21.6 Å². The number of hydrogen-bond acceptors (Lipinski definition) is 6. The number of ether oxygens (including phenoxy) is 2. The molecule has 49 heavy (non-hydrogen) atoms. The van der Waals surface area contributed by atoms with E-state index < -0.39 is 47.8 Å². The number of hydrogen-bond donors (Lipinski definition) is 0. The van der Waals surface area contributed by atoms with Gasteiger partial charge in [0.15, 0.2) is 0 Å². The van der Waals surface area contributed by atoms with Crippen LogP contribution in [0.3, 0.4) is 0 Å². The molecule has 0 saturated carbocycles. The Morgan fingerprint density at radius 1 is 0.673 bits per heavy atom. The SMILES string of the molecule is O=C1OCC(Cc2ccccc2)N1C(=O)/C(=C/CC(Cc1ccccc1)C(=O)N1C(=O)OCC1Cc1ccccc1)Cc1ccc(F)cc1. The van der Waals surface area contributed by atoms with Gasteiger partial charge in [0.2, 0.25) is 5.91 Å². The Bertz CT molecular complexity index is 1800. The summed E-state index contributed by atoms with van der Waals surface area (Å²) in [6.45, 7) is 0.139. The average molecular weight is 661 g/mol. The fourth-order valence-electron chi connectivity index (χ4n) is 6.38. The molecule has 8 nitrogen and oxygen atoms in total. The predicted molar refractivity (Wildman–Crippen MR) is 181 cm³/mol. The van der Waals surface area contributed by atoms with Gasteiger partial charge in [-0.2, -0.15) is 0 Å². The fraction of sp³-hybridized carbons (Fsp3) is 0.250. The lowest BCUT2D eigenvalue weighted by Crippen LogP contribution is -2.44. The van der Waals surface area contributed by atoms with Crippen molar-refractivity contribution in [3.8, 4) is 0 Å². The molecule has 6 rings (SSSR count). The van der Waals surface area contributed by atoms with E-state index in [4.69, 9.17) is 9.47 Å². The Labute approximate surface area is 284 Å². The van der Waals surface area contributed by atoms with Crippen LogP contribution in [-0.4, -0.2) is 59.1 Å². The molecule has 2 aliphatic heterocycles. The van der Waals surface area contributed by atoms with Crippen LogP contribution in [0.25, 0.3) is 0 Å². The first-order chi connectivity index (χ1) is 23.9. The zero-order valence-electron chi connectivity index (χ0n) is 27.0. The highest BCUT2D eigenvalue weighted by Gasteiger charge is 2.42. The Morgan fingerprint density at radius 3 is 1.71 bits per heavy atom. The van der Waals surface area contributed by atoms with Crippen LogP contribution in [0.2, 0.25) is 0 Å². The van der Waals surface area contributed by atoms with Crippen molar-refractivity contribution in [1.29, 1.82) is 0 Å². The normalized spacial score (nSPS) is 18.3. The van der Waals surface area contributed by atoms with Gasteiger partial charge in [0.25, 0.3) is 5.91 Å². The van der Waals surface area contributed by atoms with Crippen molar-refractivity contribution in [2.24, 2.45) is 5.92 Å². The monoisotopic (exact) mass is 660 g/mol. The van der Waals surface area contributed by atoms with E-state index in [1.54, 1.807) is 18.2 Å². The van der Waals surface area contributed by atoms with Crippen molar-refractivity contribution in [2.45, 2.75) is 44.2 Å². The molecule has 0 N–H and O–H groups in total. The molecule has 0 bridgehead atoms. The maximum atomic E-state index is 14.3. The van der Waals surface area contributed by atoms with Crippen LogP contribution in [0.4, 0.5) is 14.0 Å². The number of rotatable bonds is 12.